The fourth-order valence-corrected chi connectivity index (χ4v) is 1.29. The Morgan fingerprint density at radius 2 is 2.00 bits per heavy atom. The number of nitrogens with zero attached hydrogens (tertiary/aromatic N) is 4. The van der Waals surface area contributed by atoms with Crippen LogP contribution in [-0.2, 0) is 0 Å². The second-order valence-electron chi connectivity index (χ2n) is 3.22. The Kier molecular flexibility index (Phi) is 2.74. The van der Waals surface area contributed by atoms with Gasteiger partial charge in [-0.2, -0.15) is 5.26 Å². The van der Waals surface area contributed by atoms with Gasteiger partial charge in [0.15, 0.2) is 6.19 Å². The number of aromatic nitrogens is 3. The number of pyridine rings is 1. The van der Waals surface area contributed by atoms with Gasteiger partial charge in [0.05, 0.1) is 11.4 Å². The van der Waals surface area contributed by atoms with Crippen LogP contribution in [-0.4, -0.2) is 15.0 Å². The highest BCUT2D eigenvalue weighted by molar-refractivity contribution is 5.56. The molecule has 2 aromatic heterocycles. The van der Waals surface area contributed by atoms with Crippen LogP contribution in [0.1, 0.15) is 5.56 Å². The van der Waals surface area contributed by atoms with E-state index in [1.54, 1.807) is 24.7 Å². The fourth-order valence-electron chi connectivity index (χ4n) is 1.29. The van der Waals surface area contributed by atoms with Gasteiger partial charge in [0.25, 0.3) is 0 Å². The van der Waals surface area contributed by atoms with Gasteiger partial charge < -0.3 is 0 Å². The predicted octanol–water partition coefficient (Wildman–Crippen LogP) is 1.74. The van der Waals surface area contributed by atoms with E-state index >= 15 is 0 Å². The quantitative estimate of drug-likeness (QED) is 0.605. The molecule has 16 heavy (non-hydrogen) atoms. The SMILES string of the molecule is Cc1ccnc(-c2ccnc(NC#N)n2)c1. The zero-order valence-corrected chi connectivity index (χ0v) is 8.68. The number of hydrogen-bond acceptors (Lipinski definition) is 5. The van der Waals surface area contributed by atoms with Crippen LogP contribution in [0.5, 0.6) is 0 Å². The second-order valence-corrected chi connectivity index (χ2v) is 3.22. The van der Waals surface area contributed by atoms with Crippen LogP contribution in [0.4, 0.5) is 5.95 Å². The maximum absolute atomic E-state index is 8.47. The van der Waals surface area contributed by atoms with Crippen molar-refractivity contribution in [3.63, 3.8) is 0 Å². The van der Waals surface area contributed by atoms with E-state index in [0.29, 0.717) is 5.69 Å². The summed E-state index contributed by atoms with van der Waals surface area (Å²) in [4.78, 5) is 12.3. The van der Waals surface area contributed by atoms with Gasteiger partial charge >= 0.3 is 0 Å². The minimum atomic E-state index is 0.281. The van der Waals surface area contributed by atoms with E-state index in [0.717, 1.165) is 11.3 Å². The minimum absolute atomic E-state index is 0.281. The van der Waals surface area contributed by atoms with Crippen molar-refractivity contribution in [2.75, 3.05) is 5.32 Å². The Labute approximate surface area is 92.8 Å². The summed E-state index contributed by atoms with van der Waals surface area (Å²) in [5.41, 5.74) is 2.57. The minimum Gasteiger partial charge on any atom is -0.261 e. The van der Waals surface area contributed by atoms with Gasteiger partial charge in [0.2, 0.25) is 5.95 Å². The normalized spacial score (nSPS) is 9.50. The van der Waals surface area contributed by atoms with E-state index < -0.39 is 0 Å². The first-order chi connectivity index (χ1) is 7.79. The summed E-state index contributed by atoms with van der Waals surface area (Å²) in [5, 5.41) is 10.9. The van der Waals surface area contributed by atoms with Crippen LogP contribution in [0, 0.1) is 18.4 Å². The van der Waals surface area contributed by atoms with Crippen molar-refractivity contribution < 1.29 is 0 Å². The zero-order valence-electron chi connectivity index (χ0n) is 8.68. The summed E-state index contributed by atoms with van der Waals surface area (Å²) >= 11 is 0. The van der Waals surface area contributed by atoms with E-state index in [1.807, 2.05) is 19.1 Å². The fraction of sp³-hybridized carbons (Fsp3) is 0.0909. The van der Waals surface area contributed by atoms with Crippen molar-refractivity contribution in [3.05, 3.63) is 36.2 Å². The Balaban J connectivity index is 2.41. The average Bonchev–Trinajstić information content (AvgIpc) is 2.30. The highest BCUT2D eigenvalue weighted by atomic mass is 15.1. The highest BCUT2D eigenvalue weighted by Gasteiger charge is 2.02. The third-order valence-corrected chi connectivity index (χ3v) is 2.00. The van der Waals surface area contributed by atoms with E-state index in [1.165, 1.54) is 0 Å². The molecule has 0 fully saturated rings. The molecule has 0 saturated carbocycles. The summed E-state index contributed by atoms with van der Waals surface area (Å²) in [6.07, 6.45) is 5.09. The Morgan fingerprint density at radius 3 is 2.75 bits per heavy atom. The molecule has 0 unspecified atom stereocenters. The van der Waals surface area contributed by atoms with Gasteiger partial charge in [-0.05, 0) is 30.7 Å². The number of hydrogen-bond donors (Lipinski definition) is 1. The molecular formula is C11H9N5. The van der Waals surface area contributed by atoms with Crippen molar-refractivity contribution in [1.29, 1.82) is 5.26 Å². The van der Waals surface area contributed by atoms with Gasteiger partial charge in [0.1, 0.15) is 0 Å². The molecule has 0 amide bonds. The maximum Gasteiger partial charge on any atom is 0.236 e. The molecule has 0 saturated heterocycles. The predicted molar refractivity (Wildman–Crippen MR) is 59.2 cm³/mol. The van der Waals surface area contributed by atoms with Crippen LogP contribution >= 0.6 is 0 Å². The molecule has 2 rings (SSSR count). The zero-order chi connectivity index (χ0) is 11.4. The van der Waals surface area contributed by atoms with E-state index in [9.17, 15) is 0 Å². The molecule has 0 aromatic carbocycles. The highest BCUT2D eigenvalue weighted by Crippen LogP contribution is 2.15. The molecule has 0 bridgehead atoms. The molecule has 0 atom stereocenters. The third kappa shape index (κ3) is 2.12. The van der Waals surface area contributed by atoms with Crippen LogP contribution < -0.4 is 5.32 Å². The molecule has 0 aliphatic heterocycles. The second kappa shape index (κ2) is 4.36. The molecule has 2 aromatic rings. The van der Waals surface area contributed by atoms with Crippen molar-refractivity contribution in [2.45, 2.75) is 6.92 Å². The molecule has 2 heterocycles. The third-order valence-electron chi connectivity index (χ3n) is 2.00. The smallest absolute Gasteiger partial charge is 0.236 e. The van der Waals surface area contributed by atoms with Gasteiger partial charge in [0, 0.05) is 12.4 Å². The topological polar surface area (TPSA) is 74.5 Å². The first kappa shape index (κ1) is 10.1. The Morgan fingerprint density at radius 1 is 1.19 bits per heavy atom. The Bertz CT molecular complexity index is 544. The van der Waals surface area contributed by atoms with Gasteiger partial charge in [-0.25, -0.2) is 9.97 Å². The lowest BCUT2D eigenvalue weighted by atomic mass is 10.2. The molecule has 5 heteroatoms. The summed E-state index contributed by atoms with van der Waals surface area (Å²) < 4.78 is 0. The molecule has 0 aliphatic carbocycles. The first-order valence-electron chi connectivity index (χ1n) is 4.71. The lowest BCUT2D eigenvalue weighted by Crippen LogP contribution is -1.97. The molecule has 0 spiro atoms. The van der Waals surface area contributed by atoms with E-state index in [4.69, 9.17) is 5.26 Å². The number of anilines is 1. The largest absolute Gasteiger partial charge is 0.261 e. The number of rotatable bonds is 2. The average molecular weight is 211 g/mol. The van der Waals surface area contributed by atoms with Gasteiger partial charge in [-0.1, -0.05) is 0 Å². The van der Waals surface area contributed by atoms with E-state index in [2.05, 4.69) is 20.3 Å². The molecule has 0 aliphatic rings. The molecule has 5 nitrogen and oxygen atoms in total. The first-order valence-corrected chi connectivity index (χ1v) is 4.71. The molecule has 0 radical (unpaired) electrons. The van der Waals surface area contributed by atoms with Crippen molar-refractivity contribution in [3.8, 4) is 17.6 Å². The lowest BCUT2D eigenvalue weighted by molar-refractivity contribution is 1.15. The number of nitriles is 1. The van der Waals surface area contributed by atoms with Crippen LogP contribution in [0.2, 0.25) is 0 Å². The van der Waals surface area contributed by atoms with Gasteiger partial charge in [-0.3, -0.25) is 10.3 Å². The maximum atomic E-state index is 8.47. The summed E-state index contributed by atoms with van der Waals surface area (Å²) in [6.45, 7) is 1.99. The van der Waals surface area contributed by atoms with Crippen LogP contribution in [0.15, 0.2) is 30.6 Å². The summed E-state index contributed by atoms with van der Waals surface area (Å²) in [7, 11) is 0. The van der Waals surface area contributed by atoms with Crippen LogP contribution in [0.3, 0.4) is 0 Å². The van der Waals surface area contributed by atoms with Crippen LogP contribution in [0.25, 0.3) is 11.4 Å². The van der Waals surface area contributed by atoms with Crippen molar-refractivity contribution in [1.82, 2.24) is 15.0 Å². The van der Waals surface area contributed by atoms with Crippen molar-refractivity contribution >= 4 is 5.95 Å². The molecular weight excluding hydrogens is 202 g/mol. The molecule has 78 valence electrons. The summed E-state index contributed by atoms with van der Waals surface area (Å²) in [6, 6.07) is 5.60. The Hall–Kier alpha value is -2.48. The number of nitrogens with one attached hydrogen (secondary N) is 1. The molecule has 1 N–H and O–H groups in total. The lowest BCUT2D eigenvalue weighted by Gasteiger charge is -2.02. The van der Waals surface area contributed by atoms with E-state index in [-0.39, 0.29) is 5.95 Å². The standard InChI is InChI=1S/C11H9N5/c1-8-2-4-13-10(6-8)9-3-5-14-11(16-9)15-7-12/h2-6H,1H3,(H,14,15,16). The van der Waals surface area contributed by atoms with Gasteiger partial charge in [-0.15, -0.1) is 0 Å². The number of aryl methyl sites for hydroxylation is 1. The van der Waals surface area contributed by atoms with Crippen molar-refractivity contribution in [2.24, 2.45) is 0 Å². The monoisotopic (exact) mass is 211 g/mol. The summed E-state index contributed by atoms with van der Waals surface area (Å²) in [5.74, 6) is 0.281.